The molecule has 0 amide bonds. The molecule has 0 atom stereocenters. The average molecular weight is 482 g/mol. The molecule has 37 heavy (non-hydrogen) atoms. The van der Waals surface area contributed by atoms with Gasteiger partial charge in [0.05, 0.1) is 22.5 Å². The molecule has 176 valence electrons. The van der Waals surface area contributed by atoms with Crippen molar-refractivity contribution >= 4 is 16.7 Å². The first-order chi connectivity index (χ1) is 18.1. The molecule has 0 spiro atoms. The van der Waals surface area contributed by atoms with Crippen molar-refractivity contribution in [2.75, 3.05) is 5.73 Å². The highest BCUT2D eigenvalue weighted by atomic mass is 16.3. The SMILES string of the molecule is N#Cc1c(N)c2c(-c3ccccc3)cc(-c3cc4ccccc4oc3=N)n(-c3ccccc3)c-2nc1=O. The van der Waals surface area contributed by atoms with Gasteiger partial charge in [0.2, 0.25) is 5.55 Å². The predicted octanol–water partition coefficient (Wildman–Crippen LogP) is 5.35. The summed E-state index contributed by atoms with van der Waals surface area (Å²) in [7, 11) is 0. The second-order valence-electron chi connectivity index (χ2n) is 8.52. The van der Waals surface area contributed by atoms with Crippen molar-refractivity contribution < 1.29 is 4.42 Å². The molecule has 1 aromatic heterocycles. The van der Waals surface area contributed by atoms with Crippen LogP contribution in [0, 0.1) is 16.7 Å². The number of fused-ring (bicyclic) bond motifs is 2. The number of nitrogens with zero attached hydrogens (tertiary/aromatic N) is 3. The quantitative estimate of drug-likeness (QED) is 0.353. The molecule has 3 heterocycles. The first kappa shape index (κ1) is 22.0. The minimum atomic E-state index is -0.706. The van der Waals surface area contributed by atoms with Gasteiger partial charge in [-0.05, 0) is 41.5 Å². The van der Waals surface area contributed by atoms with Gasteiger partial charge in [0, 0.05) is 11.1 Å². The van der Waals surface area contributed by atoms with Gasteiger partial charge in [-0.25, -0.2) is 0 Å². The lowest BCUT2D eigenvalue weighted by atomic mass is 9.93. The molecular weight excluding hydrogens is 462 g/mol. The Balaban J connectivity index is 1.85. The Labute approximate surface area is 211 Å². The monoisotopic (exact) mass is 481 g/mol. The van der Waals surface area contributed by atoms with Crippen LogP contribution in [0.15, 0.2) is 106 Å². The summed E-state index contributed by atoms with van der Waals surface area (Å²) >= 11 is 0. The lowest BCUT2D eigenvalue weighted by Gasteiger charge is -2.24. The zero-order valence-electron chi connectivity index (χ0n) is 19.5. The van der Waals surface area contributed by atoms with Gasteiger partial charge in [0.25, 0.3) is 5.56 Å². The van der Waals surface area contributed by atoms with E-state index in [0.29, 0.717) is 33.7 Å². The Bertz CT molecular complexity index is 1930. The Morgan fingerprint density at radius 1 is 0.892 bits per heavy atom. The number of benzene rings is 3. The Morgan fingerprint density at radius 2 is 1.57 bits per heavy atom. The second-order valence-corrected chi connectivity index (χ2v) is 8.52. The summed E-state index contributed by atoms with van der Waals surface area (Å²) < 4.78 is 7.67. The standard InChI is InChI=1S/C30H19N5O2/c31-17-23-27(32)26-21(18-9-3-1-4-10-18)16-24(22-15-19-11-7-8-14-25(19)37-28(22)33)35(29(26)34-30(23)36)20-12-5-2-6-13-20/h1-16,33H,32H2. The Kier molecular flexibility index (Phi) is 5.13. The minimum Gasteiger partial charge on any atom is -0.438 e. The smallest absolute Gasteiger partial charge is 0.291 e. The van der Waals surface area contributed by atoms with E-state index in [1.54, 1.807) is 4.57 Å². The zero-order chi connectivity index (χ0) is 25.5. The molecule has 0 aliphatic carbocycles. The van der Waals surface area contributed by atoms with E-state index in [9.17, 15) is 10.1 Å². The zero-order valence-corrected chi connectivity index (χ0v) is 19.5. The molecule has 0 unspecified atom stereocenters. The van der Waals surface area contributed by atoms with E-state index in [1.165, 1.54) is 0 Å². The van der Waals surface area contributed by atoms with Gasteiger partial charge in [-0.1, -0.05) is 66.7 Å². The van der Waals surface area contributed by atoms with Crippen LogP contribution < -0.4 is 16.8 Å². The largest absolute Gasteiger partial charge is 0.438 e. The first-order valence-electron chi connectivity index (χ1n) is 11.5. The van der Waals surface area contributed by atoms with Crippen LogP contribution >= 0.6 is 0 Å². The van der Waals surface area contributed by atoms with Crippen LogP contribution in [0.1, 0.15) is 5.56 Å². The summed E-state index contributed by atoms with van der Waals surface area (Å²) in [5.41, 5.74) is 10.0. The molecule has 3 aromatic carbocycles. The maximum absolute atomic E-state index is 12.9. The van der Waals surface area contributed by atoms with Crippen LogP contribution in [0.5, 0.6) is 0 Å². The van der Waals surface area contributed by atoms with Crippen molar-refractivity contribution in [3.63, 3.8) is 0 Å². The number of rotatable bonds is 3. The Morgan fingerprint density at radius 3 is 2.30 bits per heavy atom. The van der Waals surface area contributed by atoms with Crippen LogP contribution in [0.25, 0.3) is 50.4 Å². The first-order valence-corrected chi connectivity index (χ1v) is 11.5. The van der Waals surface area contributed by atoms with Crippen LogP contribution in [-0.4, -0.2) is 9.55 Å². The number of hydrogen-bond acceptors (Lipinski definition) is 6. The molecule has 0 fully saturated rings. The molecule has 0 bridgehead atoms. The van der Waals surface area contributed by atoms with Gasteiger partial charge in [-0.2, -0.15) is 10.2 Å². The number of nitrogen functional groups attached to an aromatic ring is 1. The molecule has 6 rings (SSSR count). The third kappa shape index (κ3) is 3.56. The van der Waals surface area contributed by atoms with Gasteiger partial charge >= 0.3 is 0 Å². The molecular formula is C30H19N5O2. The second kappa shape index (κ2) is 8.63. The van der Waals surface area contributed by atoms with Gasteiger partial charge < -0.3 is 10.2 Å². The average Bonchev–Trinajstić information content (AvgIpc) is 2.93. The third-order valence-corrected chi connectivity index (χ3v) is 6.35. The molecule has 4 aromatic rings. The number of aromatic nitrogens is 2. The van der Waals surface area contributed by atoms with Gasteiger partial charge in [0.1, 0.15) is 17.2 Å². The molecule has 0 saturated carbocycles. The Hall–Kier alpha value is -5.48. The van der Waals surface area contributed by atoms with Crippen LogP contribution in [0.2, 0.25) is 0 Å². The van der Waals surface area contributed by atoms with E-state index >= 15 is 0 Å². The van der Waals surface area contributed by atoms with Crippen LogP contribution in [0.4, 0.5) is 5.69 Å². The molecule has 7 nitrogen and oxygen atoms in total. The lowest BCUT2D eigenvalue weighted by molar-refractivity contribution is 0.535. The number of anilines is 1. The number of nitrogens with two attached hydrogens (primary N) is 1. The van der Waals surface area contributed by atoms with E-state index in [0.717, 1.165) is 10.9 Å². The van der Waals surface area contributed by atoms with E-state index in [4.69, 9.17) is 15.6 Å². The topological polar surface area (TPSA) is 122 Å². The molecule has 3 N–H and O–H groups in total. The van der Waals surface area contributed by atoms with Crippen molar-refractivity contribution in [3.05, 3.63) is 119 Å². The number of nitrogens with one attached hydrogen (secondary N) is 1. The summed E-state index contributed by atoms with van der Waals surface area (Å²) in [6.45, 7) is 0. The fraction of sp³-hybridized carbons (Fsp3) is 0. The van der Waals surface area contributed by atoms with Gasteiger partial charge in [0.15, 0.2) is 5.82 Å². The molecule has 2 aliphatic heterocycles. The number of para-hydroxylation sites is 2. The van der Waals surface area contributed by atoms with Crippen molar-refractivity contribution in [1.82, 2.24) is 9.55 Å². The lowest BCUT2D eigenvalue weighted by Crippen LogP contribution is -2.21. The molecule has 0 radical (unpaired) electrons. The minimum absolute atomic E-state index is 0.0364. The highest BCUT2D eigenvalue weighted by molar-refractivity contribution is 5.94. The summed E-state index contributed by atoms with van der Waals surface area (Å²) in [5, 5.41) is 19.2. The van der Waals surface area contributed by atoms with E-state index in [1.807, 2.05) is 103 Å². The number of nitriles is 1. The fourth-order valence-electron chi connectivity index (χ4n) is 4.64. The molecule has 0 saturated heterocycles. The third-order valence-electron chi connectivity index (χ3n) is 6.35. The van der Waals surface area contributed by atoms with E-state index in [-0.39, 0.29) is 22.6 Å². The van der Waals surface area contributed by atoms with Crippen molar-refractivity contribution in [2.45, 2.75) is 0 Å². The normalized spacial score (nSPS) is 11.0. The maximum atomic E-state index is 12.9. The summed E-state index contributed by atoms with van der Waals surface area (Å²) in [6, 6.07) is 32.2. The maximum Gasteiger partial charge on any atom is 0.291 e. The highest BCUT2D eigenvalue weighted by Crippen LogP contribution is 2.42. The van der Waals surface area contributed by atoms with Crippen molar-refractivity contribution in [3.8, 4) is 45.5 Å². The van der Waals surface area contributed by atoms with Crippen LogP contribution in [-0.2, 0) is 0 Å². The predicted molar refractivity (Wildman–Crippen MR) is 142 cm³/mol. The van der Waals surface area contributed by atoms with E-state index < -0.39 is 5.56 Å². The molecule has 2 aliphatic rings. The summed E-state index contributed by atoms with van der Waals surface area (Å²) in [4.78, 5) is 17.3. The summed E-state index contributed by atoms with van der Waals surface area (Å²) in [5.74, 6) is 0.289. The number of hydrogen-bond donors (Lipinski definition) is 2. The van der Waals surface area contributed by atoms with Gasteiger partial charge in [-0.15, -0.1) is 0 Å². The van der Waals surface area contributed by atoms with Gasteiger partial charge in [-0.3, -0.25) is 14.8 Å². The van der Waals surface area contributed by atoms with E-state index in [2.05, 4.69) is 4.98 Å². The summed E-state index contributed by atoms with van der Waals surface area (Å²) in [6.07, 6.45) is 0. The number of pyridine rings is 2. The van der Waals surface area contributed by atoms with Crippen LogP contribution in [0.3, 0.4) is 0 Å². The highest BCUT2D eigenvalue weighted by Gasteiger charge is 2.27. The molecule has 7 heteroatoms. The van der Waals surface area contributed by atoms with Crippen molar-refractivity contribution in [1.29, 1.82) is 10.7 Å². The fourth-order valence-corrected chi connectivity index (χ4v) is 4.64. The van der Waals surface area contributed by atoms with Crippen molar-refractivity contribution in [2.24, 2.45) is 0 Å².